The fraction of sp³-hybridized carbons (Fsp3) is 0.917. The maximum Gasteiger partial charge on any atom is 0.303 e. The van der Waals surface area contributed by atoms with Crippen molar-refractivity contribution in [3.05, 3.63) is 0 Å². The van der Waals surface area contributed by atoms with Gasteiger partial charge in [0.1, 0.15) is 12.3 Å². The standard InChI is InChI=1S/C12H21FO2/c1-7(2)10-6-5-8(3)11(13)12(10)15-9(4)14/h7-8,10-12H,5-6H2,1-4H3. The molecule has 4 unspecified atom stereocenters. The van der Waals surface area contributed by atoms with Crippen LogP contribution in [-0.4, -0.2) is 18.2 Å². The molecule has 0 radical (unpaired) electrons. The summed E-state index contributed by atoms with van der Waals surface area (Å²) in [6, 6.07) is 0. The molecular formula is C12H21FO2. The van der Waals surface area contributed by atoms with Gasteiger partial charge in [-0.25, -0.2) is 4.39 Å². The van der Waals surface area contributed by atoms with Crippen LogP contribution in [0.3, 0.4) is 0 Å². The number of carbonyl (C=O) groups excluding carboxylic acids is 1. The molecule has 1 rings (SSSR count). The van der Waals surface area contributed by atoms with Gasteiger partial charge < -0.3 is 4.74 Å². The van der Waals surface area contributed by atoms with Crippen LogP contribution in [0.15, 0.2) is 0 Å². The number of esters is 1. The minimum Gasteiger partial charge on any atom is -0.459 e. The molecular weight excluding hydrogens is 195 g/mol. The summed E-state index contributed by atoms with van der Waals surface area (Å²) in [5, 5.41) is 0. The number of rotatable bonds is 2. The minimum atomic E-state index is -1.00. The van der Waals surface area contributed by atoms with Crippen molar-refractivity contribution in [3.8, 4) is 0 Å². The highest BCUT2D eigenvalue weighted by Gasteiger charge is 2.41. The highest BCUT2D eigenvalue weighted by molar-refractivity contribution is 5.66. The van der Waals surface area contributed by atoms with Gasteiger partial charge in [0.05, 0.1) is 0 Å². The Morgan fingerprint density at radius 1 is 1.40 bits per heavy atom. The maximum absolute atomic E-state index is 13.9. The van der Waals surface area contributed by atoms with Crippen molar-refractivity contribution in [2.75, 3.05) is 0 Å². The summed E-state index contributed by atoms with van der Waals surface area (Å²) in [6.45, 7) is 7.36. The van der Waals surface area contributed by atoms with Gasteiger partial charge >= 0.3 is 5.97 Å². The van der Waals surface area contributed by atoms with E-state index >= 15 is 0 Å². The number of hydrogen-bond donors (Lipinski definition) is 0. The molecule has 0 aromatic carbocycles. The molecule has 0 heterocycles. The highest BCUT2D eigenvalue weighted by atomic mass is 19.1. The molecule has 0 bridgehead atoms. The van der Waals surface area contributed by atoms with Crippen molar-refractivity contribution >= 4 is 5.97 Å². The van der Waals surface area contributed by atoms with Gasteiger partial charge in [-0.2, -0.15) is 0 Å². The Bertz CT molecular complexity index is 228. The van der Waals surface area contributed by atoms with Crippen LogP contribution in [0, 0.1) is 17.8 Å². The third kappa shape index (κ3) is 2.93. The van der Waals surface area contributed by atoms with Crippen molar-refractivity contribution in [3.63, 3.8) is 0 Å². The summed E-state index contributed by atoms with van der Waals surface area (Å²) in [6.07, 6.45) is 0.306. The first-order chi connectivity index (χ1) is 6.93. The zero-order valence-corrected chi connectivity index (χ0v) is 10.00. The van der Waals surface area contributed by atoms with Gasteiger partial charge in [-0.1, -0.05) is 20.8 Å². The molecule has 1 fully saturated rings. The molecule has 0 aromatic rings. The lowest BCUT2D eigenvalue weighted by atomic mass is 9.74. The summed E-state index contributed by atoms with van der Waals surface area (Å²) >= 11 is 0. The largest absolute Gasteiger partial charge is 0.459 e. The third-order valence-corrected chi connectivity index (χ3v) is 3.39. The van der Waals surface area contributed by atoms with Crippen molar-refractivity contribution in [2.24, 2.45) is 17.8 Å². The molecule has 0 amide bonds. The molecule has 4 atom stereocenters. The van der Waals surface area contributed by atoms with Crippen molar-refractivity contribution < 1.29 is 13.9 Å². The first-order valence-corrected chi connectivity index (χ1v) is 5.74. The van der Waals surface area contributed by atoms with Gasteiger partial charge in [0.15, 0.2) is 0 Å². The molecule has 0 N–H and O–H groups in total. The van der Waals surface area contributed by atoms with E-state index in [9.17, 15) is 9.18 Å². The molecule has 0 aliphatic heterocycles. The molecule has 1 saturated carbocycles. The first-order valence-electron chi connectivity index (χ1n) is 5.74. The van der Waals surface area contributed by atoms with Crippen LogP contribution >= 0.6 is 0 Å². The zero-order chi connectivity index (χ0) is 11.6. The van der Waals surface area contributed by atoms with E-state index in [-0.39, 0.29) is 17.8 Å². The Hall–Kier alpha value is -0.600. The van der Waals surface area contributed by atoms with Gasteiger partial charge in [-0.15, -0.1) is 0 Å². The normalized spacial score (nSPS) is 36.7. The molecule has 0 saturated heterocycles. The number of hydrogen-bond acceptors (Lipinski definition) is 2. The van der Waals surface area contributed by atoms with Crippen LogP contribution in [0.4, 0.5) is 4.39 Å². The van der Waals surface area contributed by atoms with Crippen LogP contribution in [0.1, 0.15) is 40.5 Å². The number of halogens is 1. The lowest BCUT2D eigenvalue weighted by molar-refractivity contribution is -0.160. The Morgan fingerprint density at radius 2 is 2.00 bits per heavy atom. The average molecular weight is 216 g/mol. The average Bonchev–Trinajstić information content (AvgIpc) is 2.12. The van der Waals surface area contributed by atoms with E-state index in [1.54, 1.807) is 0 Å². The Kier molecular flexibility index (Phi) is 4.12. The summed E-state index contributed by atoms with van der Waals surface area (Å²) in [7, 11) is 0. The zero-order valence-electron chi connectivity index (χ0n) is 10.00. The lowest BCUT2D eigenvalue weighted by Gasteiger charge is -2.39. The second-order valence-electron chi connectivity index (χ2n) is 4.98. The number of carbonyl (C=O) groups is 1. The van der Waals surface area contributed by atoms with Crippen LogP contribution in [0.25, 0.3) is 0 Å². The van der Waals surface area contributed by atoms with Gasteiger partial charge in [0.25, 0.3) is 0 Å². The van der Waals surface area contributed by atoms with E-state index in [2.05, 4.69) is 13.8 Å². The van der Waals surface area contributed by atoms with Crippen molar-refractivity contribution in [1.82, 2.24) is 0 Å². The molecule has 0 spiro atoms. The smallest absolute Gasteiger partial charge is 0.303 e. The second-order valence-corrected chi connectivity index (χ2v) is 4.98. The van der Waals surface area contributed by atoms with E-state index < -0.39 is 12.3 Å². The molecule has 1 aliphatic rings. The van der Waals surface area contributed by atoms with E-state index in [0.717, 1.165) is 12.8 Å². The molecule has 15 heavy (non-hydrogen) atoms. The predicted molar refractivity (Wildman–Crippen MR) is 57.2 cm³/mol. The summed E-state index contributed by atoms with van der Waals surface area (Å²) in [4.78, 5) is 10.9. The van der Waals surface area contributed by atoms with E-state index in [1.807, 2.05) is 6.92 Å². The van der Waals surface area contributed by atoms with E-state index in [0.29, 0.717) is 5.92 Å². The van der Waals surface area contributed by atoms with Gasteiger partial charge in [-0.3, -0.25) is 4.79 Å². The fourth-order valence-corrected chi connectivity index (χ4v) is 2.40. The second kappa shape index (κ2) is 4.95. The monoisotopic (exact) mass is 216 g/mol. The molecule has 88 valence electrons. The number of ether oxygens (including phenoxy) is 1. The third-order valence-electron chi connectivity index (χ3n) is 3.39. The van der Waals surface area contributed by atoms with Crippen molar-refractivity contribution in [1.29, 1.82) is 0 Å². The number of alkyl halides is 1. The Labute approximate surface area is 91.2 Å². The Balaban J connectivity index is 2.74. The topological polar surface area (TPSA) is 26.3 Å². The van der Waals surface area contributed by atoms with Crippen LogP contribution in [0.2, 0.25) is 0 Å². The molecule has 3 heteroatoms. The fourth-order valence-electron chi connectivity index (χ4n) is 2.40. The van der Waals surface area contributed by atoms with E-state index in [1.165, 1.54) is 6.92 Å². The molecule has 2 nitrogen and oxygen atoms in total. The highest BCUT2D eigenvalue weighted by Crippen LogP contribution is 2.37. The molecule has 1 aliphatic carbocycles. The predicted octanol–water partition coefficient (Wildman–Crippen LogP) is 2.96. The summed E-state index contributed by atoms with van der Waals surface area (Å²) in [5.74, 6) is 0.159. The van der Waals surface area contributed by atoms with Gasteiger partial charge in [-0.05, 0) is 24.7 Å². The van der Waals surface area contributed by atoms with Crippen LogP contribution < -0.4 is 0 Å². The minimum absolute atomic E-state index is 0.00403. The lowest BCUT2D eigenvalue weighted by Crippen LogP contribution is -2.44. The van der Waals surface area contributed by atoms with Gasteiger partial charge in [0, 0.05) is 12.8 Å². The van der Waals surface area contributed by atoms with Crippen LogP contribution in [0.5, 0.6) is 0 Å². The van der Waals surface area contributed by atoms with E-state index in [4.69, 9.17) is 4.74 Å². The SMILES string of the molecule is CC(=O)OC1C(F)C(C)CCC1C(C)C. The quantitative estimate of drug-likeness (QED) is 0.663. The Morgan fingerprint density at radius 3 is 2.47 bits per heavy atom. The first kappa shape index (κ1) is 12.5. The summed E-state index contributed by atoms with van der Waals surface area (Å²) in [5.41, 5.74) is 0. The van der Waals surface area contributed by atoms with Crippen molar-refractivity contribution in [2.45, 2.75) is 52.8 Å². The maximum atomic E-state index is 13.9. The van der Waals surface area contributed by atoms with Gasteiger partial charge in [0.2, 0.25) is 0 Å². The van der Waals surface area contributed by atoms with Crippen LogP contribution in [-0.2, 0) is 9.53 Å². The summed E-state index contributed by atoms with van der Waals surface area (Å²) < 4.78 is 19.1. The molecule has 0 aromatic heterocycles.